The van der Waals surface area contributed by atoms with Gasteiger partial charge in [-0.3, -0.25) is 4.98 Å². The standard InChI is InChI=1S/C52H38N4/c1-32-14-6-8-16-39(32)36-22-24-43-41-18-10-12-20-47(41)55(49(43)28-36)51-30-45(38-26-34(3)54-35(4)27-38)46(53-5)31-52(51)56-48-21-13-11-19-42(48)44-25-23-37(29-50(44)56)40-17-9-7-15-33(40)2/h6-31H,1-4H3. The minimum atomic E-state index is 0.594. The van der Waals surface area contributed by atoms with Crippen LogP contribution >= 0.6 is 0 Å². The van der Waals surface area contributed by atoms with Gasteiger partial charge < -0.3 is 9.13 Å². The van der Waals surface area contributed by atoms with Crippen LogP contribution in [-0.2, 0) is 0 Å². The van der Waals surface area contributed by atoms with Gasteiger partial charge in [0.05, 0.1) is 40.0 Å². The number of fused-ring (bicyclic) bond motifs is 6. The molecule has 0 aliphatic heterocycles. The molecule has 3 aromatic heterocycles. The van der Waals surface area contributed by atoms with Crippen LogP contribution in [0.3, 0.4) is 0 Å². The Morgan fingerprint density at radius 2 is 0.857 bits per heavy atom. The van der Waals surface area contributed by atoms with Crippen molar-refractivity contribution in [1.82, 2.24) is 14.1 Å². The minimum Gasteiger partial charge on any atom is -0.308 e. The maximum absolute atomic E-state index is 8.60. The summed E-state index contributed by atoms with van der Waals surface area (Å²) in [6.45, 7) is 17.0. The van der Waals surface area contributed by atoms with Gasteiger partial charge in [0.2, 0.25) is 0 Å². The Labute approximate surface area is 326 Å². The van der Waals surface area contributed by atoms with Crippen LogP contribution in [0.5, 0.6) is 0 Å². The largest absolute Gasteiger partial charge is 0.308 e. The zero-order chi connectivity index (χ0) is 38.1. The lowest BCUT2D eigenvalue weighted by Crippen LogP contribution is -2.04. The second-order valence-corrected chi connectivity index (χ2v) is 14.9. The van der Waals surface area contributed by atoms with Gasteiger partial charge in [-0.1, -0.05) is 109 Å². The van der Waals surface area contributed by atoms with Gasteiger partial charge in [-0.2, -0.15) is 0 Å². The number of aryl methyl sites for hydroxylation is 4. The maximum atomic E-state index is 8.60. The highest BCUT2D eigenvalue weighted by Gasteiger charge is 2.23. The molecule has 7 aromatic carbocycles. The Morgan fingerprint density at radius 1 is 0.411 bits per heavy atom. The molecule has 4 nitrogen and oxygen atoms in total. The van der Waals surface area contributed by atoms with Crippen molar-refractivity contribution in [1.29, 1.82) is 0 Å². The Kier molecular flexibility index (Phi) is 7.73. The third-order valence-electron chi connectivity index (χ3n) is 11.3. The highest BCUT2D eigenvalue weighted by atomic mass is 15.1. The van der Waals surface area contributed by atoms with Gasteiger partial charge in [0.25, 0.3) is 0 Å². The number of rotatable bonds is 5. The summed E-state index contributed by atoms with van der Waals surface area (Å²) >= 11 is 0. The van der Waals surface area contributed by atoms with Crippen molar-refractivity contribution in [3.63, 3.8) is 0 Å². The number of benzene rings is 7. The summed E-state index contributed by atoms with van der Waals surface area (Å²) in [4.78, 5) is 8.93. The zero-order valence-corrected chi connectivity index (χ0v) is 31.8. The maximum Gasteiger partial charge on any atom is 0.197 e. The SMILES string of the molecule is [C-]#[N+]c1cc(-n2c3ccccc3c3ccc(-c4ccccc4C)cc32)c(-n2c3ccccc3c3ccc(-c4ccccc4C)cc32)cc1-c1cc(C)nc(C)c1. The van der Waals surface area contributed by atoms with Crippen molar-refractivity contribution in [2.45, 2.75) is 27.7 Å². The summed E-state index contributed by atoms with van der Waals surface area (Å²) < 4.78 is 4.81. The summed E-state index contributed by atoms with van der Waals surface area (Å²) in [5.74, 6) is 0. The van der Waals surface area contributed by atoms with Gasteiger partial charge in [-0.15, -0.1) is 0 Å². The van der Waals surface area contributed by atoms with E-state index in [0.29, 0.717) is 5.69 Å². The predicted molar refractivity (Wildman–Crippen MR) is 234 cm³/mol. The molecule has 0 radical (unpaired) electrons. The second kappa shape index (κ2) is 13.0. The molecule has 56 heavy (non-hydrogen) atoms. The van der Waals surface area contributed by atoms with Crippen molar-refractivity contribution in [3.05, 3.63) is 192 Å². The Bertz CT molecular complexity index is 3240. The monoisotopic (exact) mass is 718 g/mol. The molecule has 266 valence electrons. The first kappa shape index (κ1) is 33.4. The van der Waals surface area contributed by atoms with Gasteiger partial charge >= 0.3 is 0 Å². The summed E-state index contributed by atoms with van der Waals surface area (Å²) in [6.07, 6.45) is 0. The van der Waals surface area contributed by atoms with Crippen LogP contribution in [0.4, 0.5) is 5.69 Å². The summed E-state index contributed by atoms with van der Waals surface area (Å²) in [5, 5.41) is 4.70. The number of hydrogen-bond donors (Lipinski definition) is 0. The lowest BCUT2D eigenvalue weighted by atomic mass is 9.99. The number of nitrogens with zero attached hydrogens (tertiary/aromatic N) is 4. The Balaban J connectivity index is 1.38. The van der Waals surface area contributed by atoms with Crippen molar-refractivity contribution in [3.8, 4) is 44.8 Å². The molecule has 0 atom stereocenters. The molecular weight excluding hydrogens is 681 g/mol. The van der Waals surface area contributed by atoms with Gasteiger partial charge in [-0.25, -0.2) is 4.85 Å². The summed E-state index contributed by atoms with van der Waals surface area (Å²) in [6, 6.07) is 56.7. The van der Waals surface area contributed by atoms with Crippen LogP contribution in [0.1, 0.15) is 22.5 Å². The molecule has 0 unspecified atom stereocenters. The number of pyridine rings is 1. The quantitative estimate of drug-likeness (QED) is 0.163. The molecule has 10 rings (SSSR count). The molecule has 0 spiro atoms. The van der Waals surface area contributed by atoms with Gasteiger partial charge in [0.1, 0.15) is 0 Å². The van der Waals surface area contributed by atoms with Crippen LogP contribution in [0, 0.1) is 34.3 Å². The molecule has 0 fully saturated rings. The van der Waals surface area contributed by atoms with Gasteiger partial charge in [0, 0.05) is 32.9 Å². The molecule has 3 heterocycles. The van der Waals surface area contributed by atoms with Crippen molar-refractivity contribution in [2.24, 2.45) is 0 Å². The molecule has 0 aliphatic rings. The molecule has 0 N–H and O–H groups in total. The number of aromatic nitrogens is 3. The van der Waals surface area contributed by atoms with Crippen molar-refractivity contribution < 1.29 is 0 Å². The molecule has 0 saturated carbocycles. The molecule has 0 saturated heterocycles. The fourth-order valence-electron chi connectivity index (χ4n) is 8.83. The van der Waals surface area contributed by atoms with Crippen LogP contribution in [0.15, 0.2) is 158 Å². The van der Waals surface area contributed by atoms with E-state index in [1.54, 1.807) is 0 Å². The first-order valence-corrected chi connectivity index (χ1v) is 19.1. The van der Waals surface area contributed by atoms with E-state index in [1.165, 1.54) is 49.4 Å². The van der Waals surface area contributed by atoms with Gasteiger partial charge in [0.15, 0.2) is 5.69 Å². The Morgan fingerprint density at radius 3 is 1.36 bits per heavy atom. The normalized spacial score (nSPS) is 11.6. The third kappa shape index (κ3) is 5.24. The van der Waals surface area contributed by atoms with E-state index in [9.17, 15) is 0 Å². The van der Waals surface area contributed by atoms with E-state index in [1.807, 2.05) is 13.8 Å². The lowest BCUT2D eigenvalue weighted by molar-refractivity contribution is 1.10. The molecule has 0 aliphatic carbocycles. The smallest absolute Gasteiger partial charge is 0.197 e. The van der Waals surface area contributed by atoms with Gasteiger partial charge in [-0.05, 0) is 121 Å². The first-order chi connectivity index (χ1) is 27.4. The third-order valence-corrected chi connectivity index (χ3v) is 11.3. The van der Waals surface area contributed by atoms with E-state index < -0.39 is 0 Å². The molecule has 0 amide bonds. The van der Waals surface area contributed by atoms with Crippen molar-refractivity contribution >= 4 is 49.3 Å². The van der Waals surface area contributed by atoms with E-state index >= 15 is 0 Å². The van der Waals surface area contributed by atoms with E-state index in [-0.39, 0.29) is 0 Å². The molecule has 4 heteroatoms. The summed E-state index contributed by atoms with van der Waals surface area (Å²) in [5.41, 5.74) is 17.9. The Hall–Kier alpha value is -7.22. The average Bonchev–Trinajstić information content (AvgIpc) is 3.72. The van der Waals surface area contributed by atoms with Crippen LogP contribution in [0.25, 0.3) is 93.2 Å². The van der Waals surface area contributed by atoms with E-state index in [4.69, 9.17) is 11.6 Å². The highest BCUT2D eigenvalue weighted by molar-refractivity contribution is 6.13. The van der Waals surface area contributed by atoms with E-state index in [0.717, 1.165) is 61.5 Å². The highest BCUT2D eigenvalue weighted by Crippen LogP contribution is 2.44. The molecular formula is C52H38N4. The van der Waals surface area contributed by atoms with Crippen LogP contribution in [-0.4, -0.2) is 14.1 Å². The summed E-state index contributed by atoms with van der Waals surface area (Å²) in [7, 11) is 0. The lowest BCUT2D eigenvalue weighted by Gasteiger charge is -2.20. The van der Waals surface area contributed by atoms with Crippen LogP contribution in [0.2, 0.25) is 0 Å². The topological polar surface area (TPSA) is 27.1 Å². The number of para-hydroxylation sites is 2. The fraction of sp³-hybridized carbons (Fsp3) is 0.0769. The zero-order valence-electron chi connectivity index (χ0n) is 31.8. The molecule has 10 aromatic rings. The molecule has 0 bridgehead atoms. The second-order valence-electron chi connectivity index (χ2n) is 14.9. The predicted octanol–water partition coefficient (Wildman–Crippen LogP) is 14.1. The first-order valence-electron chi connectivity index (χ1n) is 19.1. The minimum absolute atomic E-state index is 0.594. The van der Waals surface area contributed by atoms with E-state index in [2.05, 4.69) is 186 Å². The van der Waals surface area contributed by atoms with Crippen LogP contribution < -0.4 is 0 Å². The van der Waals surface area contributed by atoms with Crippen molar-refractivity contribution in [2.75, 3.05) is 0 Å². The fourth-order valence-corrected chi connectivity index (χ4v) is 8.83. The average molecular weight is 719 g/mol. The number of hydrogen-bond acceptors (Lipinski definition) is 1.